The van der Waals surface area contributed by atoms with Gasteiger partial charge in [-0.3, -0.25) is 9.59 Å². The highest BCUT2D eigenvalue weighted by Gasteiger charge is 2.22. The lowest BCUT2D eigenvalue weighted by atomic mass is 10.1. The zero-order valence-electron chi connectivity index (χ0n) is 17.8. The SMILES string of the molecule is CCOC(=O)c1c(/C=C/C(=O)Nc2cc(Br)ccc2NC(C)=O)c(C)n(CC)c1C. The first-order chi connectivity index (χ1) is 14.2. The molecule has 2 N–H and O–H groups in total. The number of ether oxygens (including phenoxy) is 1. The monoisotopic (exact) mass is 475 g/mol. The second-order valence-corrected chi connectivity index (χ2v) is 7.53. The van der Waals surface area contributed by atoms with E-state index >= 15 is 0 Å². The lowest BCUT2D eigenvalue weighted by molar-refractivity contribution is -0.114. The van der Waals surface area contributed by atoms with E-state index in [1.807, 2.05) is 25.3 Å². The van der Waals surface area contributed by atoms with Crippen molar-refractivity contribution in [2.45, 2.75) is 41.2 Å². The van der Waals surface area contributed by atoms with E-state index in [1.54, 1.807) is 31.2 Å². The van der Waals surface area contributed by atoms with E-state index in [0.717, 1.165) is 15.9 Å². The molecule has 30 heavy (non-hydrogen) atoms. The molecule has 7 nitrogen and oxygen atoms in total. The van der Waals surface area contributed by atoms with Gasteiger partial charge in [0.25, 0.3) is 0 Å². The molecule has 0 unspecified atom stereocenters. The molecule has 1 aromatic carbocycles. The lowest BCUT2D eigenvalue weighted by Gasteiger charge is -2.11. The Kier molecular flexibility index (Phi) is 8.00. The number of carbonyl (C=O) groups is 3. The minimum atomic E-state index is -0.412. The maximum atomic E-state index is 12.6. The van der Waals surface area contributed by atoms with E-state index in [-0.39, 0.29) is 12.5 Å². The maximum Gasteiger partial charge on any atom is 0.340 e. The minimum absolute atomic E-state index is 0.241. The predicted octanol–water partition coefficient (Wildman–Crippen LogP) is 4.67. The first kappa shape index (κ1) is 23.4. The Labute approximate surface area is 184 Å². The van der Waals surface area contributed by atoms with Crippen LogP contribution in [-0.2, 0) is 20.9 Å². The van der Waals surface area contributed by atoms with E-state index in [4.69, 9.17) is 4.74 Å². The largest absolute Gasteiger partial charge is 0.462 e. The normalized spacial score (nSPS) is 10.9. The van der Waals surface area contributed by atoms with Crippen LogP contribution >= 0.6 is 15.9 Å². The molecule has 2 aromatic rings. The zero-order chi connectivity index (χ0) is 22.4. The number of benzene rings is 1. The fraction of sp³-hybridized carbons (Fsp3) is 0.318. The lowest BCUT2D eigenvalue weighted by Crippen LogP contribution is -2.13. The van der Waals surface area contributed by atoms with Crippen LogP contribution in [0.4, 0.5) is 11.4 Å². The third-order valence-corrected chi connectivity index (χ3v) is 5.07. The number of nitrogens with zero attached hydrogens (tertiary/aromatic N) is 1. The van der Waals surface area contributed by atoms with Crippen molar-refractivity contribution in [3.05, 3.63) is 51.3 Å². The Bertz CT molecular complexity index is 1010. The van der Waals surface area contributed by atoms with Crippen LogP contribution in [0, 0.1) is 13.8 Å². The van der Waals surface area contributed by atoms with E-state index in [2.05, 4.69) is 26.6 Å². The van der Waals surface area contributed by atoms with Gasteiger partial charge < -0.3 is 19.9 Å². The number of hydrogen-bond acceptors (Lipinski definition) is 4. The number of hydrogen-bond donors (Lipinski definition) is 2. The van der Waals surface area contributed by atoms with E-state index in [1.165, 1.54) is 13.0 Å². The highest BCUT2D eigenvalue weighted by atomic mass is 79.9. The summed E-state index contributed by atoms with van der Waals surface area (Å²) in [5.41, 5.74) is 3.74. The Morgan fingerprint density at radius 2 is 1.80 bits per heavy atom. The number of esters is 1. The van der Waals surface area contributed by atoms with Gasteiger partial charge in [-0.05, 0) is 52.0 Å². The number of amides is 2. The highest BCUT2D eigenvalue weighted by Crippen LogP contribution is 2.27. The molecular weight excluding hydrogens is 450 g/mol. The van der Waals surface area contributed by atoms with Crippen LogP contribution in [0.3, 0.4) is 0 Å². The zero-order valence-corrected chi connectivity index (χ0v) is 19.3. The summed E-state index contributed by atoms with van der Waals surface area (Å²) < 4.78 is 7.96. The molecule has 0 saturated heterocycles. The summed E-state index contributed by atoms with van der Waals surface area (Å²) in [4.78, 5) is 36.4. The first-order valence-electron chi connectivity index (χ1n) is 9.62. The van der Waals surface area contributed by atoms with Gasteiger partial charge in [-0.2, -0.15) is 0 Å². The fourth-order valence-corrected chi connectivity index (χ4v) is 3.66. The van der Waals surface area contributed by atoms with Crippen molar-refractivity contribution in [2.75, 3.05) is 17.2 Å². The summed E-state index contributed by atoms with van der Waals surface area (Å²) in [6.07, 6.45) is 2.98. The van der Waals surface area contributed by atoms with E-state index < -0.39 is 11.9 Å². The number of aromatic nitrogens is 1. The molecule has 1 aromatic heterocycles. The molecule has 0 bridgehead atoms. The van der Waals surface area contributed by atoms with Gasteiger partial charge in [0.2, 0.25) is 11.8 Å². The second-order valence-electron chi connectivity index (χ2n) is 6.62. The smallest absolute Gasteiger partial charge is 0.340 e. The minimum Gasteiger partial charge on any atom is -0.462 e. The number of nitrogens with one attached hydrogen (secondary N) is 2. The van der Waals surface area contributed by atoms with Crippen molar-refractivity contribution in [1.82, 2.24) is 4.57 Å². The molecule has 160 valence electrons. The summed E-state index contributed by atoms with van der Waals surface area (Å²) >= 11 is 3.36. The molecule has 2 amide bonds. The van der Waals surface area contributed by atoms with Crippen LogP contribution < -0.4 is 10.6 Å². The van der Waals surface area contributed by atoms with Gasteiger partial charge in [-0.15, -0.1) is 0 Å². The van der Waals surface area contributed by atoms with Crippen molar-refractivity contribution in [2.24, 2.45) is 0 Å². The molecule has 2 rings (SSSR count). The molecule has 1 heterocycles. The third kappa shape index (κ3) is 5.38. The topological polar surface area (TPSA) is 89.4 Å². The second kappa shape index (κ2) is 10.2. The van der Waals surface area contributed by atoms with Crippen LogP contribution in [0.15, 0.2) is 28.7 Å². The number of rotatable bonds is 7. The van der Waals surface area contributed by atoms with Gasteiger partial charge in [0, 0.05) is 41.0 Å². The Morgan fingerprint density at radius 3 is 2.40 bits per heavy atom. The van der Waals surface area contributed by atoms with Crippen molar-refractivity contribution in [3.8, 4) is 0 Å². The summed E-state index contributed by atoms with van der Waals surface area (Å²) in [6, 6.07) is 5.16. The summed E-state index contributed by atoms with van der Waals surface area (Å²) in [6.45, 7) is 9.88. The summed E-state index contributed by atoms with van der Waals surface area (Å²) in [5.74, 6) is -1.05. The Balaban J connectivity index is 2.35. The molecule has 0 aliphatic carbocycles. The number of anilines is 2. The van der Waals surface area contributed by atoms with E-state index in [9.17, 15) is 14.4 Å². The van der Waals surface area contributed by atoms with Gasteiger partial charge in [0.1, 0.15) is 0 Å². The van der Waals surface area contributed by atoms with Crippen LogP contribution in [-0.4, -0.2) is 29.0 Å². The van der Waals surface area contributed by atoms with Gasteiger partial charge in [-0.25, -0.2) is 4.79 Å². The first-order valence-corrected chi connectivity index (χ1v) is 10.4. The number of carbonyl (C=O) groups excluding carboxylic acids is 3. The van der Waals surface area contributed by atoms with Crippen LogP contribution in [0.25, 0.3) is 6.08 Å². The summed E-state index contributed by atoms with van der Waals surface area (Å²) in [7, 11) is 0. The standard InChI is InChI=1S/C22H26BrN3O4/c1-6-26-13(3)17(21(14(26)4)22(29)30-7-2)9-11-20(28)25-19-12-16(23)8-10-18(19)24-15(5)27/h8-12H,6-7H2,1-5H3,(H,24,27)(H,25,28)/b11-9+. The molecule has 0 radical (unpaired) electrons. The molecule has 0 fully saturated rings. The van der Waals surface area contributed by atoms with Crippen LogP contribution in [0.5, 0.6) is 0 Å². The molecule has 0 saturated carbocycles. The fourth-order valence-electron chi connectivity index (χ4n) is 3.30. The highest BCUT2D eigenvalue weighted by molar-refractivity contribution is 9.10. The quantitative estimate of drug-likeness (QED) is 0.449. The average Bonchev–Trinajstić information content (AvgIpc) is 2.91. The maximum absolute atomic E-state index is 12.6. The van der Waals surface area contributed by atoms with Gasteiger partial charge in [0.15, 0.2) is 0 Å². The molecule has 0 spiro atoms. The molecular formula is C22H26BrN3O4. The van der Waals surface area contributed by atoms with Crippen molar-refractivity contribution >= 4 is 51.2 Å². The van der Waals surface area contributed by atoms with E-state index in [0.29, 0.717) is 29.0 Å². The van der Waals surface area contributed by atoms with Crippen LogP contribution in [0.1, 0.15) is 48.1 Å². The molecule has 0 aliphatic heterocycles. The van der Waals surface area contributed by atoms with Gasteiger partial charge >= 0.3 is 5.97 Å². The molecule has 0 atom stereocenters. The number of halogens is 1. The van der Waals surface area contributed by atoms with Crippen molar-refractivity contribution < 1.29 is 19.1 Å². The van der Waals surface area contributed by atoms with Crippen molar-refractivity contribution in [1.29, 1.82) is 0 Å². The molecule has 0 aliphatic rings. The summed E-state index contributed by atoms with van der Waals surface area (Å²) in [5, 5.41) is 5.44. The van der Waals surface area contributed by atoms with Crippen LogP contribution in [0.2, 0.25) is 0 Å². The third-order valence-electron chi connectivity index (χ3n) is 4.58. The Morgan fingerprint density at radius 1 is 1.10 bits per heavy atom. The average molecular weight is 476 g/mol. The Hall–Kier alpha value is -2.87. The molecule has 8 heteroatoms. The van der Waals surface area contributed by atoms with Gasteiger partial charge in [-0.1, -0.05) is 15.9 Å². The van der Waals surface area contributed by atoms with Gasteiger partial charge in [0.05, 0.1) is 23.5 Å². The predicted molar refractivity (Wildman–Crippen MR) is 122 cm³/mol. The van der Waals surface area contributed by atoms with Crippen molar-refractivity contribution in [3.63, 3.8) is 0 Å².